The first-order valence-electron chi connectivity index (χ1n) is 9.97. The summed E-state index contributed by atoms with van der Waals surface area (Å²) >= 11 is 9.60. The van der Waals surface area contributed by atoms with Gasteiger partial charge in [0.2, 0.25) is 15.9 Å². The maximum absolute atomic E-state index is 12.6. The van der Waals surface area contributed by atoms with Crippen LogP contribution in [0.25, 0.3) is 22.3 Å². The Hall–Kier alpha value is -2.56. The first-order valence-corrected chi connectivity index (χ1v) is 12.7. The van der Waals surface area contributed by atoms with E-state index >= 15 is 0 Å². The fourth-order valence-electron chi connectivity index (χ4n) is 3.21. The molecule has 0 radical (unpaired) electrons. The van der Waals surface area contributed by atoms with Gasteiger partial charge in [0, 0.05) is 6.07 Å². The number of nitrogens with one attached hydrogen (secondary N) is 1. The van der Waals surface area contributed by atoms with Crippen LogP contribution < -0.4 is 19.6 Å². The number of para-hydroxylation sites is 1. The minimum atomic E-state index is -3.60. The summed E-state index contributed by atoms with van der Waals surface area (Å²) in [4.78, 5) is 24.6. The van der Waals surface area contributed by atoms with Crippen LogP contribution >= 0.6 is 27.5 Å². The van der Waals surface area contributed by atoms with Gasteiger partial charge in [-0.05, 0) is 53.0 Å². The molecule has 11 heteroatoms. The van der Waals surface area contributed by atoms with E-state index in [-0.39, 0.29) is 29.8 Å². The number of benzene rings is 2. The van der Waals surface area contributed by atoms with Crippen molar-refractivity contribution in [1.82, 2.24) is 4.72 Å². The molecule has 0 aliphatic heterocycles. The molecule has 1 aliphatic rings. The normalized spacial score (nSPS) is 13.7. The maximum Gasteiger partial charge on any atom is 0.237 e. The van der Waals surface area contributed by atoms with Gasteiger partial charge in [-0.25, -0.2) is 8.42 Å². The van der Waals surface area contributed by atoms with Gasteiger partial charge in [0.25, 0.3) is 0 Å². The zero-order chi connectivity index (χ0) is 23.8. The summed E-state index contributed by atoms with van der Waals surface area (Å²) in [6, 6.07) is 9.49. The Bertz CT molecular complexity index is 1400. The third-order valence-electron chi connectivity index (χ3n) is 5.03. The summed E-state index contributed by atoms with van der Waals surface area (Å²) in [6.45, 7) is -0.0656. The van der Waals surface area contributed by atoms with Gasteiger partial charge in [-0.15, -0.1) is 0 Å². The van der Waals surface area contributed by atoms with Crippen molar-refractivity contribution in [2.45, 2.75) is 24.5 Å². The van der Waals surface area contributed by atoms with Gasteiger partial charge in [0.1, 0.15) is 17.3 Å². The number of amides is 1. The van der Waals surface area contributed by atoms with Gasteiger partial charge >= 0.3 is 0 Å². The van der Waals surface area contributed by atoms with Crippen molar-refractivity contribution in [2.24, 2.45) is 0 Å². The van der Waals surface area contributed by atoms with Crippen molar-refractivity contribution in [1.29, 1.82) is 0 Å². The molecule has 1 aromatic heterocycles. The number of ether oxygens (including phenoxy) is 2. The van der Waals surface area contributed by atoms with Gasteiger partial charge in [-0.2, -0.15) is 0 Å². The Balaban J connectivity index is 1.58. The highest BCUT2D eigenvalue weighted by molar-refractivity contribution is 9.10. The average Bonchev–Trinajstić information content (AvgIpc) is 3.61. The van der Waals surface area contributed by atoms with Crippen molar-refractivity contribution >= 4 is 54.4 Å². The second-order valence-electron chi connectivity index (χ2n) is 7.44. The van der Waals surface area contributed by atoms with Crippen LogP contribution in [0, 0.1) is 0 Å². The Morgan fingerprint density at radius 1 is 1.24 bits per heavy atom. The van der Waals surface area contributed by atoms with Crippen LogP contribution in [0.15, 0.2) is 50.1 Å². The Kier molecular flexibility index (Phi) is 6.69. The third-order valence-corrected chi connectivity index (χ3v) is 7.81. The number of hydrogen-bond donors (Lipinski definition) is 1. The summed E-state index contributed by atoms with van der Waals surface area (Å²) in [6.07, 6.45) is 0.980. The van der Waals surface area contributed by atoms with Crippen molar-refractivity contribution in [3.8, 4) is 22.8 Å². The van der Waals surface area contributed by atoms with Crippen molar-refractivity contribution < 1.29 is 27.1 Å². The van der Waals surface area contributed by atoms with E-state index in [1.165, 1.54) is 13.2 Å². The van der Waals surface area contributed by atoms with Crippen LogP contribution in [0.4, 0.5) is 0 Å². The number of sulfonamides is 1. The molecule has 8 nitrogen and oxygen atoms in total. The topological polar surface area (TPSA) is 112 Å². The number of halogens is 2. The molecule has 0 atom stereocenters. The number of hydrogen-bond acceptors (Lipinski definition) is 7. The summed E-state index contributed by atoms with van der Waals surface area (Å²) in [5, 5.41) is 0.169. The molecule has 0 bridgehead atoms. The summed E-state index contributed by atoms with van der Waals surface area (Å²) in [5.41, 5.74) is 0.424. The molecule has 3 aromatic rings. The van der Waals surface area contributed by atoms with Crippen molar-refractivity contribution in [3.63, 3.8) is 0 Å². The van der Waals surface area contributed by atoms with Crippen LogP contribution in [0.3, 0.4) is 0 Å². The largest absolute Gasteiger partial charge is 0.496 e. The van der Waals surface area contributed by atoms with Crippen LogP contribution in [0.5, 0.6) is 11.5 Å². The molecule has 1 heterocycles. The van der Waals surface area contributed by atoms with E-state index < -0.39 is 21.2 Å². The number of methoxy groups -OCH3 is 1. The van der Waals surface area contributed by atoms with E-state index in [0.717, 1.165) is 0 Å². The highest BCUT2D eigenvalue weighted by Crippen LogP contribution is 2.39. The zero-order valence-corrected chi connectivity index (χ0v) is 20.6. The van der Waals surface area contributed by atoms with E-state index in [0.29, 0.717) is 44.8 Å². The Labute approximate surface area is 203 Å². The van der Waals surface area contributed by atoms with Gasteiger partial charge < -0.3 is 13.9 Å². The second kappa shape index (κ2) is 9.36. The van der Waals surface area contributed by atoms with E-state index in [9.17, 15) is 18.0 Å². The van der Waals surface area contributed by atoms with Crippen LogP contribution in [0.1, 0.15) is 19.3 Å². The molecular formula is C22H19BrClNO7S. The SMILES string of the molecule is COc1cc(Br)c(OCCC(=O)NS(=O)(=O)C2CC2)cc1-c1cc(=O)c2cccc(Cl)c2o1. The van der Waals surface area contributed by atoms with Crippen molar-refractivity contribution in [3.05, 3.63) is 56.1 Å². The highest BCUT2D eigenvalue weighted by atomic mass is 79.9. The molecule has 2 aromatic carbocycles. The first kappa shape index (κ1) is 23.6. The molecule has 33 heavy (non-hydrogen) atoms. The van der Waals surface area contributed by atoms with Gasteiger partial charge in [-0.3, -0.25) is 14.3 Å². The monoisotopic (exact) mass is 555 g/mol. The maximum atomic E-state index is 12.6. The summed E-state index contributed by atoms with van der Waals surface area (Å²) in [7, 11) is -2.13. The quantitative estimate of drug-likeness (QED) is 0.441. The van der Waals surface area contributed by atoms with Crippen LogP contribution in [-0.4, -0.2) is 33.3 Å². The molecule has 174 valence electrons. The molecule has 0 spiro atoms. The number of carbonyl (C=O) groups is 1. The number of carbonyl (C=O) groups excluding carboxylic acids is 1. The lowest BCUT2D eigenvalue weighted by Gasteiger charge is -2.14. The minimum Gasteiger partial charge on any atom is -0.496 e. The third kappa shape index (κ3) is 5.18. The Morgan fingerprint density at radius 2 is 2.00 bits per heavy atom. The molecule has 0 unspecified atom stereocenters. The lowest BCUT2D eigenvalue weighted by molar-refractivity contribution is -0.119. The molecule has 1 N–H and O–H groups in total. The zero-order valence-electron chi connectivity index (χ0n) is 17.4. The first-order chi connectivity index (χ1) is 15.7. The number of rotatable bonds is 8. The minimum absolute atomic E-state index is 0.0656. The van der Waals surface area contributed by atoms with E-state index in [1.54, 1.807) is 30.3 Å². The second-order valence-corrected chi connectivity index (χ2v) is 10.7. The molecule has 1 amide bonds. The van der Waals surface area contributed by atoms with E-state index in [4.69, 9.17) is 25.5 Å². The van der Waals surface area contributed by atoms with Crippen LogP contribution in [0.2, 0.25) is 5.02 Å². The van der Waals surface area contributed by atoms with Gasteiger partial charge in [0.05, 0.1) is 45.8 Å². The molecule has 1 saturated carbocycles. The van der Waals surface area contributed by atoms with Gasteiger partial charge in [-0.1, -0.05) is 17.7 Å². The average molecular weight is 557 g/mol. The van der Waals surface area contributed by atoms with E-state index in [2.05, 4.69) is 20.7 Å². The van der Waals surface area contributed by atoms with Crippen LogP contribution in [-0.2, 0) is 14.8 Å². The highest BCUT2D eigenvalue weighted by Gasteiger charge is 2.36. The van der Waals surface area contributed by atoms with Crippen molar-refractivity contribution in [2.75, 3.05) is 13.7 Å². The molecule has 4 rings (SSSR count). The number of fused-ring (bicyclic) bond motifs is 1. The predicted molar refractivity (Wildman–Crippen MR) is 127 cm³/mol. The smallest absolute Gasteiger partial charge is 0.237 e. The predicted octanol–water partition coefficient (Wildman–Crippen LogP) is 4.26. The Morgan fingerprint density at radius 3 is 2.70 bits per heavy atom. The molecule has 1 aliphatic carbocycles. The van der Waals surface area contributed by atoms with E-state index in [1.807, 2.05) is 0 Å². The lowest BCUT2D eigenvalue weighted by atomic mass is 10.1. The summed E-state index contributed by atoms with van der Waals surface area (Å²) < 4.78 is 43.4. The fourth-order valence-corrected chi connectivity index (χ4v) is 5.20. The molecule has 1 fully saturated rings. The fraction of sp³-hybridized carbons (Fsp3) is 0.273. The molecule has 0 saturated heterocycles. The molecular weight excluding hydrogens is 538 g/mol. The lowest BCUT2D eigenvalue weighted by Crippen LogP contribution is -2.33. The summed E-state index contributed by atoms with van der Waals surface area (Å²) in [5.74, 6) is 0.354. The van der Waals surface area contributed by atoms with Gasteiger partial charge in [0.15, 0.2) is 11.0 Å². The standard InChI is InChI=1S/C22H19BrClNO7S/c1-30-18-10-15(23)20(31-8-7-21(27)25-33(28,29)12-5-6-12)9-14(18)19-11-17(26)13-3-2-4-16(24)22(13)32-19/h2-4,9-12H,5-8H2,1H3,(H,25,27).